The molecule has 0 aromatic heterocycles. The molecule has 1 rings (SSSR count). The number of alkyl halides is 3. The van der Waals surface area contributed by atoms with Gasteiger partial charge in [-0.05, 0) is 32.1 Å². The lowest BCUT2D eigenvalue weighted by molar-refractivity contribution is -0.185. The zero-order valence-electron chi connectivity index (χ0n) is 12.0. The summed E-state index contributed by atoms with van der Waals surface area (Å²) in [5, 5.41) is 0. The van der Waals surface area contributed by atoms with Crippen molar-refractivity contribution in [2.45, 2.75) is 44.7 Å². The Kier molecular flexibility index (Phi) is 6.71. The van der Waals surface area contributed by atoms with Crippen LogP contribution >= 0.6 is 0 Å². The number of hydrogen-bond acceptors (Lipinski definition) is 3. The second-order valence-electron chi connectivity index (χ2n) is 4.97. The van der Waals surface area contributed by atoms with E-state index in [0.29, 0.717) is 11.3 Å². The van der Waals surface area contributed by atoms with Gasteiger partial charge in [0, 0.05) is 13.1 Å². The molecular formula is C14H20F3NO3. The normalized spacial score (nSPS) is 15.3. The molecule has 0 saturated heterocycles. The molecule has 0 radical (unpaired) electrons. The van der Waals surface area contributed by atoms with E-state index in [9.17, 15) is 22.8 Å². The maximum absolute atomic E-state index is 12.5. The van der Waals surface area contributed by atoms with Gasteiger partial charge in [-0.1, -0.05) is 11.6 Å². The number of hydrogen-bond donors (Lipinski definition) is 0. The third-order valence-electron chi connectivity index (χ3n) is 3.43. The third-order valence-corrected chi connectivity index (χ3v) is 3.43. The van der Waals surface area contributed by atoms with Gasteiger partial charge in [0.15, 0.2) is 0 Å². The molecule has 0 heterocycles. The molecule has 120 valence electrons. The van der Waals surface area contributed by atoms with Gasteiger partial charge in [-0.25, -0.2) is 0 Å². The van der Waals surface area contributed by atoms with E-state index in [4.69, 9.17) is 0 Å². The molecule has 21 heavy (non-hydrogen) atoms. The Morgan fingerprint density at radius 2 is 2.00 bits per heavy atom. The second kappa shape index (κ2) is 8.05. The summed E-state index contributed by atoms with van der Waals surface area (Å²) in [5.74, 6) is -2.53. The number of esters is 1. The number of carbonyl (C=O) groups is 2. The Hall–Kier alpha value is -1.53. The Morgan fingerprint density at radius 3 is 2.52 bits per heavy atom. The first-order valence-corrected chi connectivity index (χ1v) is 6.95. The van der Waals surface area contributed by atoms with Crippen LogP contribution in [-0.4, -0.2) is 43.2 Å². The van der Waals surface area contributed by atoms with Gasteiger partial charge >= 0.3 is 18.1 Å². The summed E-state index contributed by atoms with van der Waals surface area (Å²) < 4.78 is 42.0. The van der Waals surface area contributed by atoms with E-state index in [1.54, 1.807) is 0 Å². The average molecular weight is 307 g/mol. The predicted octanol–water partition coefficient (Wildman–Crippen LogP) is 2.83. The van der Waals surface area contributed by atoms with Gasteiger partial charge < -0.3 is 9.64 Å². The van der Waals surface area contributed by atoms with Crippen molar-refractivity contribution < 1.29 is 27.5 Å². The minimum absolute atomic E-state index is 0.0266. The molecule has 0 bridgehead atoms. The number of halogens is 3. The van der Waals surface area contributed by atoms with Crippen LogP contribution in [0.4, 0.5) is 13.2 Å². The number of ether oxygens (including phenoxy) is 1. The number of nitrogens with zero attached hydrogens (tertiary/aromatic N) is 1. The van der Waals surface area contributed by atoms with E-state index in [1.165, 1.54) is 0 Å². The monoisotopic (exact) mass is 307 g/mol. The number of amides is 1. The molecule has 0 N–H and O–H groups in total. The molecule has 0 aliphatic heterocycles. The van der Waals surface area contributed by atoms with Crippen molar-refractivity contribution in [3.05, 3.63) is 11.6 Å². The van der Waals surface area contributed by atoms with Crippen LogP contribution in [0.25, 0.3) is 0 Å². The lowest BCUT2D eigenvalue weighted by Crippen LogP contribution is -2.42. The van der Waals surface area contributed by atoms with Crippen LogP contribution in [-0.2, 0) is 14.3 Å². The molecular weight excluding hydrogens is 287 g/mol. The quantitative estimate of drug-likeness (QED) is 0.560. The summed E-state index contributed by atoms with van der Waals surface area (Å²) in [4.78, 5) is 23.1. The van der Waals surface area contributed by atoms with E-state index in [0.717, 1.165) is 38.4 Å². The Balaban J connectivity index is 2.60. The fourth-order valence-corrected chi connectivity index (χ4v) is 2.23. The first-order chi connectivity index (χ1) is 9.84. The van der Waals surface area contributed by atoms with Crippen LogP contribution in [0.2, 0.25) is 0 Å². The fraction of sp³-hybridized carbons (Fsp3) is 0.714. The van der Waals surface area contributed by atoms with Crippen molar-refractivity contribution in [2.75, 3.05) is 20.2 Å². The van der Waals surface area contributed by atoms with E-state index in [-0.39, 0.29) is 19.5 Å². The summed E-state index contributed by atoms with van der Waals surface area (Å²) in [6, 6.07) is 0. The number of carbonyl (C=O) groups excluding carboxylic acids is 2. The highest BCUT2D eigenvalue weighted by Crippen LogP contribution is 2.23. The molecule has 7 heteroatoms. The average Bonchev–Trinajstić information content (AvgIpc) is 2.46. The highest BCUT2D eigenvalue weighted by Gasteiger charge is 2.42. The predicted molar refractivity (Wildman–Crippen MR) is 70.4 cm³/mol. The van der Waals surface area contributed by atoms with Gasteiger partial charge in [0.1, 0.15) is 0 Å². The van der Waals surface area contributed by atoms with Crippen LogP contribution in [0.5, 0.6) is 0 Å². The number of allylic oxidation sites excluding steroid dienone is 1. The van der Waals surface area contributed by atoms with Gasteiger partial charge in [-0.3, -0.25) is 9.59 Å². The van der Waals surface area contributed by atoms with Crippen LogP contribution in [0.15, 0.2) is 11.6 Å². The topological polar surface area (TPSA) is 46.6 Å². The van der Waals surface area contributed by atoms with Crippen LogP contribution in [0.1, 0.15) is 38.5 Å². The number of methoxy groups -OCH3 is 1. The molecule has 1 amide bonds. The molecule has 0 aromatic rings. The summed E-state index contributed by atoms with van der Waals surface area (Å²) >= 11 is 0. The lowest BCUT2D eigenvalue weighted by atomic mass is 9.97. The van der Waals surface area contributed by atoms with E-state index >= 15 is 0 Å². The SMILES string of the molecule is COC(=O)CCN(CCC1=CCCCC1)C(=O)C(F)(F)F. The van der Waals surface area contributed by atoms with Gasteiger partial charge in [-0.2, -0.15) is 13.2 Å². The summed E-state index contributed by atoms with van der Waals surface area (Å²) in [5.41, 5.74) is 1.08. The van der Waals surface area contributed by atoms with Crippen LogP contribution in [0.3, 0.4) is 0 Å². The zero-order valence-corrected chi connectivity index (χ0v) is 12.0. The first kappa shape index (κ1) is 17.5. The van der Waals surface area contributed by atoms with E-state index < -0.39 is 18.1 Å². The Morgan fingerprint density at radius 1 is 1.29 bits per heavy atom. The summed E-state index contributed by atoms with van der Waals surface area (Å²) in [7, 11) is 1.16. The Bertz CT molecular complexity index is 405. The molecule has 0 unspecified atom stereocenters. The molecule has 0 atom stereocenters. The molecule has 0 spiro atoms. The fourth-order valence-electron chi connectivity index (χ4n) is 2.23. The van der Waals surface area contributed by atoms with Gasteiger partial charge in [0.2, 0.25) is 0 Å². The molecule has 1 aliphatic carbocycles. The molecule has 0 saturated carbocycles. The Labute approximate surface area is 121 Å². The minimum atomic E-state index is -4.92. The largest absolute Gasteiger partial charge is 0.471 e. The molecule has 4 nitrogen and oxygen atoms in total. The van der Waals surface area contributed by atoms with Crippen molar-refractivity contribution in [1.82, 2.24) is 4.90 Å². The van der Waals surface area contributed by atoms with Crippen molar-refractivity contribution in [3.8, 4) is 0 Å². The van der Waals surface area contributed by atoms with E-state index in [1.807, 2.05) is 6.08 Å². The highest BCUT2D eigenvalue weighted by atomic mass is 19.4. The first-order valence-electron chi connectivity index (χ1n) is 6.95. The summed E-state index contributed by atoms with van der Waals surface area (Å²) in [6.45, 7) is -0.306. The standard InChI is InChI=1S/C14H20F3NO3/c1-21-12(19)8-10-18(13(20)14(15,16)17)9-7-11-5-3-2-4-6-11/h5H,2-4,6-10H2,1H3. The maximum Gasteiger partial charge on any atom is 0.471 e. The smallest absolute Gasteiger partial charge is 0.469 e. The van der Waals surface area contributed by atoms with Crippen LogP contribution in [0, 0.1) is 0 Å². The minimum Gasteiger partial charge on any atom is -0.469 e. The summed E-state index contributed by atoms with van der Waals surface area (Å²) in [6.07, 6.45) is 1.21. The lowest BCUT2D eigenvalue weighted by Gasteiger charge is -2.24. The van der Waals surface area contributed by atoms with E-state index in [2.05, 4.69) is 4.74 Å². The third kappa shape index (κ3) is 6.18. The van der Waals surface area contributed by atoms with Gasteiger partial charge in [0.25, 0.3) is 0 Å². The maximum atomic E-state index is 12.5. The molecule has 0 fully saturated rings. The zero-order chi connectivity index (χ0) is 15.9. The molecule has 0 aromatic carbocycles. The van der Waals surface area contributed by atoms with Crippen LogP contribution < -0.4 is 0 Å². The van der Waals surface area contributed by atoms with Gasteiger partial charge in [0.05, 0.1) is 13.5 Å². The van der Waals surface area contributed by atoms with Gasteiger partial charge in [-0.15, -0.1) is 0 Å². The van der Waals surface area contributed by atoms with Crippen molar-refractivity contribution in [3.63, 3.8) is 0 Å². The van der Waals surface area contributed by atoms with Crippen molar-refractivity contribution in [2.24, 2.45) is 0 Å². The molecule has 1 aliphatic rings. The van der Waals surface area contributed by atoms with Crippen molar-refractivity contribution in [1.29, 1.82) is 0 Å². The van der Waals surface area contributed by atoms with Crippen molar-refractivity contribution >= 4 is 11.9 Å². The second-order valence-corrected chi connectivity index (χ2v) is 4.97. The highest BCUT2D eigenvalue weighted by molar-refractivity contribution is 5.82. The number of rotatable bonds is 6.